The van der Waals surface area contributed by atoms with E-state index in [1.165, 1.54) is 12.3 Å². The molecule has 0 aromatic carbocycles. The second-order valence-corrected chi connectivity index (χ2v) is 3.89. The first-order valence-corrected chi connectivity index (χ1v) is 4.54. The van der Waals surface area contributed by atoms with E-state index in [4.69, 9.17) is 15.2 Å². The Bertz CT molecular complexity index is 341. The van der Waals surface area contributed by atoms with Gasteiger partial charge in [0.1, 0.15) is 12.3 Å². The van der Waals surface area contributed by atoms with Crippen LogP contribution in [0.4, 0.5) is 4.79 Å². The van der Waals surface area contributed by atoms with Crippen LogP contribution in [0.25, 0.3) is 0 Å². The Hall–Kier alpha value is -1.56. The highest BCUT2D eigenvalue weighted by atomic mass is 16.6. The summed E-state index contributed by atoms with van der Waals surface area (Å²) in [5.41, 5.74) is 4.62. The average Bonchev–Trinajstić information content (AvgIpc) is 2.50. The van der Waals surface area contributed by atoms with Gasteiger partial charge >= 0.3 is 6.09 Å². The predicted octanol–water partition coefficient (Wildman–Crippen LogP) is 0.961. The lowest BCUT2D eigenvalue weighted by atomic mass is 10.2. The lowest BCUT2D eigenvalue weighted by Gasteiger charge is -2.18. The molecule has 6 heteroatoms. The largest absolute Gasteiger partial charge is 0.461 e. The summed E-state index contributed by atoms with van der Waals surface area (Å²) in [6.07, 6.45) is 0.911. The topological polar surface area (TPSA) is 79.4 Å². The van der Waals surface area contributed by atoms with Gasteiger partial charge in [-0.2, -0.15) is 4.68 Å². The monoisotopic (exact) mass is 213 g/mol. The Morgan fingerprint density at radius 3 is 2.80 bits per heavy atom. The van der Waals surface area contributed by atoms with Gasteiger partial charge in [0.2, 0.25) is 5.88 Å². The molecule has 0 radical (unpaired) electrons. The zero-order chi connectivity index (χ0) is 11.5. The fourth-order valence-electron chi connectivity index (χ4n) is 0.880. The van der Waals surface area contributed by atoms with Crippen LogP contribution >= 0.6 is 0 Å². The van der Waals surface area contributed by atoms with E-state index in [2.05, 4.69) is 5.10 Å². The third-order valence-corrected chi connectivity index (χ3v) is 1.38. The number of carbonyl (C=O) groups is 1. The molecule has 0 amide bonds. The normalized spacial score (nSPS) is 11.2. The molecule has 0 unspecified atom stereocenters. The predicted molar refractivity (Wildman–Crippen MR) is 53.5 cm³/mol. The Balaban J connectivity index is 2.66. The molecule has 0 saturated heterocycles. The highest BCUT2D eigenvalue weighted by molar-refractivity contribution is 5.69. The van der Waals surface area contributed by atoms with Gasteiger partial charge in [-0.25, -0.2) is 4.79 Å². The molecule has 1 aromatic heterocycles. The number of carbonyl (C=O) groups excluding carboxylic acids is 1. The van der Waals surface area contributed by atoms with E-state index in [0.717, 1.165) is 4.68 Å². The highest BCUT2D eigenvalue weighted by Crippen LogP contribution is 2.10. The zero-order valence-corrected chi connectivity index (χ0v) is 9.06. The second-order valence-electron chi connectivity index (χ2n) is 3.89. The number of nitrogens with zero attached hydrogens (tertiary/aromatic N) is 2. The van der Waals surface area contributed by atoms with Crippen LogP contribution in [0.15, 0.2) is 12.3 Å². The minimum Gasteiger partial charge on any atom is -0.461 e. The van der Waals surface area contributed by atoms with E-state index in [9.17, 15) is 4.79 Å². The first kappa shape index (κ1) is 11.5. The van der Waals surface area contributed by atoms with Crippen LogP contribution in [-0.2, 0) is 4.74 Å². The van der Waals surface area contributed by atoms with E-state index >= 15 is 0 Å². The quantitative estimate of drug-likeness (QED) is 0.740. The first-order valence-electron chi connectivity index (χ1n) is 4.54. The van der Waals surface area contributed by atoms with E-state index in [1.54, 1.807) is 20.8 Å². The molecule has 6 nitrogen and oxygen atoms in total. The van der Waals surface area contributed by atoms with Crippen LogP contribution in [0.1, 0.15) is 20.8 Å². The molecule has 15 heavy (non-hydrogen) atoms. The highest BCUT2D eigenvalue weighted by Gasteiger charge is 2.18. The van der Waals surface area contributed by atoms with Gasteiger partial charge in [-0.05, 0) is 20.8 Å². The summed E-state index contributed by atoms with van der Waals surface area (Å²) in [4.78, 5) is 11.5. The van der Waals surface area contributed by atoms with Gasteiger partial charge in [0, 0.05) is 12.3 Å². The van der Waals surface area contributed by atoms with Crippen LogP contribution in [0.3, 0.4) is 0 Å². The molecular formula is C9H15N3O3. The molecule has 0 aliphatic carbocycles. The standard InChI is InChI=1S/C9H15N3O3/c1-9(2,3)15-8(13)12-5-4-7(11-12)14-6-10/h4-5H,6,10H2,1-3H3. The number of nitrogens with two attached hydrogens (primary N) is 1. The molecule has 0 spiro atoms. The lowest BCUT2D eigenvalue weighted by molar-refractivity contribution is 0.0512. The molecule has 1 heterocycles. The van der Waals surface area contributed by atoms with E-state index in [-0.39, 0.29) is 6.73 Å². The van der Waals surface area contributed by atoms with Crippen molar-refractivity contribution >= 4 is 6.09 Å². The molecule has 0 aliphatic rings. The Morgan fingerprint density at radius 1 is 1.60 bits per heavy atom. The number of ether oxygens (including phenoxy) is 2. The summed E-state index contributed by atoms with van der Waals surface area (Å²) in [6.45, 7) is 5.37. The summed E-state index contributed by atoms with van der Waals surface area (Å²) < 4.78 is 11.1. The van der Waals surface area contributed by atoms with Crippen LogP contribution in [0, 0.1) is 0 Å². The van der Waals surface area contributed by atoms with Crippen molar-refractivity contribution in [3.63, 3.8) is 0 Å². The van der Waals surface area contributed by atoms with E-state index in [0.29, 0.717) is 5.88 Å². The fourth-order valence-corrected chi connectivity index (χ4v) is 0.880. The maximum atomic E-state index is 11.5. The molecule has 0 bridgehead atoms. The SMILES string of the molecule is CC(C)(C)OC(=O)n1ccc(OCN)n1. The summed E-state index contributed by atoms with van der Waals surface area (Å²) in [5, 5.41) is 3.82. The van der Waals surface area contributed by atoms with Gasteiger partial charge in [0.05, 0.1) is 0 Å². The molecule has 1 aromatic rings. The van der Waals surface area contributed by atoms with Crippen molar-refractivity contribution in [2.75, 3.05) is 6.73 Å². The number of hydrogen-bond acceptors (Lipinski definition) is 5. The Morgan fingerprint density at radius 2 is 2.27 bits per heavy atom. The zero-order valence-electron chi connectivity index (χ0n) is 9.06. The second kappa shape index (κ2) is 4.31. The van der Waals surface area contributed by atoms with E-state index < -0.39 is 11.7 Å². The minimum atomic E-state index is -0.547. The summed E-state index contributed by atoms with van der Waals surface area (Å²) >= 11 is 0. The lowest BCUT2D eigenvalue weighted by Crippen LogP contribution is -2.27. The van der Waals surface area contributed by atoms with Crippen LogP contribution in [-0.4, -0.2) is 28.2 Å². The van der Waals surface area contributed by atoms with Crippen molar-refractivity contribution in [3.05, 3.63) is 12.3 Å². The third-order valence-electron chi connectivity index (χ3n) is 1.38. The van der Waals surface area contributed by atoms with Crippen molar-refractivity contribution in [3.8, 4) is 5.88 Å². The molecule has 0 saturated carbocycles. The van der Waals surface area contributed by atoms with Crippen molar-refractivity contribution < 1.29 is 14.3 Å². The summed E-state index contributed by atoms with van der Waals surface area (Å²) in [7, 11) is 0. The molecule has 0 aliphatic heterocycles. The molecule has 0 atom stereocenters. The Kier molecular flexibility index (Phi) is 3.31. The number of rotatable bonds is 2. The smallest absolute Gasteiger partial charge is 0.435 e. The van der Waals surface area contributed by atoms with Gasteiger partial charge < -0.3 is 9.47 Å². The van der Waals surface area contributed by atoms with E-state index in [1.807, 2.05) is 0 Å². The maximum absolute atomic E-state index is 11.5. The van der Waals surface area contributed by atoms with Crippen molar-refractivity contribution in [2.45, 2.75) is 26.4 Å². The molecule has 84 valence electrons. The fraction of sp³-hybridized carbons (Fsp3) is 0.556. The van der Waals surface area contributed by atoms with Gasteiger partial charge in [0.25, 0.3) is 0 Å². The van der Waals surface area contributed by atoms with Gasteiger partial charge in [-0.15, -0.1) is 5.10 Å². The molecule has 2 N–H and O–H groups in total. The molecular weight excluding hydrogens is 198 g/mol. The van der Waals surface area contributed by atoms with Crippen LogP contribution in [0.5, 0.6) is 5.88 Å². The van der Waals surface area contributed by atoms with Gasteiger partial charge in [0.15, 0.2) is 0 Å². The molecule has 0 fully saturated rings. The summed E-state index contributed by atoms with van der Waals surface area (Å²) in [5.74, 6) is 0.295. The van der Waals surface area contributed by atoms with Crippen molar-refractivity contribution in [1.82, 2.24) is 9.78 Å². The maximum Gasteiger partial charge on any atom is 0.435 e. The number of aromatic nitrogens is 2. The third kappa shape index (κ3) is 3.59. The Labute approximate surface area is 88.0 Å². The summed E-state index contributed by atoms with van der Waals surface area (Å²) in [6, 6.07) is 1.54. The van der Waals surface area contributed by atoms with Crippen molar-refractivity contribution in [1.29, 1.82) is 0 Å². The van der Waals surface area contributed by atoms with Gasteiger partial charge in [-0.1, -0.05) is 0 Å². The molecule has 1 rings (SSSR count). The van der Waals surface area contributed by atoms with Crippen LogP contribution < -0.4 is 10.5 Å². The van der Waals surface area contributed by atoms with Gasteiger partial charge in [-0.3, -0.25) is 5.73 Å². The van der Waals surface area contributed by atoms with Crippen molar-refractivity contribution in [2.24, 2.45) is 5.73 Å². The minimum absolute atomic E-state index is 0.0192. The average molecular weight is 213 g/mol. The first-order chi connectivity index (χ1) is 6.92. The number of hydrogen-bond donors (Lipinski definition) is 1. The van der Waals surface area contributed by atoms with Crippen LogP contribution in [0.2, 0.25) is 0 Å².